The number of nitrogens with one attached hydrogen (secondary N) is 1. The lowest BCUT2D eigenvalue weighted by Crippen LogP contribution is -2.44. The minimum Gasteiger partial charge on any atom is -0.454 e. The molecule has 27 heavy (non-hydrogen) atoms. The average Bonchev–Trinajstić information content (AvgIpc) is 3.28. The number of amides is 2. The van der Waals surface area contributed by atoms with E-state index in [2.05, 4.69) is 5.32 Å². The lowest BCUT2D eigenvalue weighted by atomic mass is 10.1. The molecular formula is C20H19FN2O4. The summed E-state index contributed by atoms with van der Waals surface area (Å²) >= 11 is 0. The number of fused-ring (bicyclic) bond motifs is 1. The SMILES string of the molecule is O=C(NCc1ccccc1F)[C@@H]1CCC(=O)N1Cc1ccc2c(c1)OCO2. The van der Waals surface area contributed by atoms with Crippen molar-refractivity contribution in [3.8, 4) is 11.5 Å². The summed E-state index contributed by atoms with van der Waals surface area (Å²) in [6, 6.07) is 11.2. The Morgan fingerprint density at radius 2 is 2.00 bits per heavy atom. The number of halogens is 1. The molecule has 1 N–H and O–H groups in total. The van der Waals surface area contributed by atoms with Crippen molar-refractivity contribution in [1.29, 1.82) is 0 Å². The summed E-state index contributed by atoms with van der Waals surface area (Å²) in [6.45, 7) is 0.587. The standard InChI is InChI=1S/C20H19FN2O4/c21-15-4-2-1-3-14(15)10-22-20(25)16-6-8-19(24)23(16)11-13-5-7-17-18(9-13)27-12-26-17/h1-5,7,9,16H,6,8,10-12H2,(H,22,25)/t16-/m0/s1. The third kappa shape index (κ3) is 3.58. The Kier molecular flexibility index (Phi) is 4.66. The zero-order valence-corrected chi connectivity index (χ0v) is 14.6. The molecular weight excluding hydrogens is 351 g/mol. The van der Waals surface area contributed by atoms with Crippen LogP contribution in [0.15, 0.2) is 42.5 Å². The third-order valence-corrected chi connectivity index (χ3v) is 4.83. The smallest absolute Gasteiger partial charge is 0.243 e. The Morgan fingerprint density at radius 1 is 1.19 bits per heavy atom. The summed E-state index contributed by atoms with van der Waals surface area (Å²) in [7, 11) is 0. The summed E-state index contributed by atoms with van der Waals surface area (Å²) in [4.78, 5) is 26.4. The predicted octanol–water partition coefficient (Wildman–Crippen LogP) is 2.36. The molecule has 0 bridgehead atoms. The molecule has 0 radical (unpaired) electrons. The van der Waals surface area contributed by atoms with Crippen LogP contribution in [0.1, 0.15) is 24.0 Å². The first-order valence-electron chi connectivity index (χ1n) is 8.81. The van der Waals surface area contributed by atoms with Gasteiger partial charge in [0.1, 0.15) is 11.9 Å². The van der Waals surface area contributed by atoms with E-state index in [4.69, 9.17) is 9.47 Å². The molecule has 2 aliphatic rings. The van der Waals surface area contributed by atoms with Crippen LogP contribution in [0.25, 0.3) is 0 Å². The van der Waals surface area contributed by atoms with Gasteiger partial charge in [0.15, 0.2) is 11.5 Å². The highest BCUT2D eigenvalue weighted by molar-refractivity contribution is 5.90. The first-order valence-corrected chi connectivity index (χ1v) is 8.81. The van der Waals surface area contributed by atoms with E-state index in [9.17, 15) is 14.0 Å². The fourth-order valence-corrected chi connectivity index (χ4v) is 3.38. The highest BCUT2D eigenvalue weighted by atomic mass is 19.1. The second kappa shape index (κ2) is 7.26. The van der Waals surface area contributed by atoms with Crippen LogP contribution in [0.4, 0.5) is 4.39 Å². The van der Waals surface area contributed by atoms with Crippen LogP contribution in [0.2, 0.25) is 0 Å². The molecule has 0 saturated carbocycles. The number of ether oxygens (including phenoxy) is 2. The van der Waals surface area contributed by atoms with Gasteiger partial charge >= 0.3 is 0 Å². The van der Waals surface area contributed by atoms with Gasteiger partial charge in [0.05, 0.1) is 0 Å². The van der Waals surface area contributed by atoms with Gasteiger partial charge in [-0.2, -0.15) is 0 Å². The minimum absolute atomic E-state index is 0.0706. The summed E-state index contributed by atoms with van der Waals surface area (Å²) < 4.78 is 24.4. The molecule has 1 saturated heterocycles. The van der Waals surface area contributed by atoms with Gasteiger partial charge in [-0.25, -0.2) is 4.39 Å². The van der Waals surface area contributed by atoms with Crippen molar-refractivity contribution >= 4 is 11.8 Å². The molecule has 6 nitrogen and oxygen atoms in total. The highest BCUT2D eigenvalue weighted by Crippen LogP contribution is 2.33. The maximum Gasteiger partial charge on any atom is 0.243 e. The highest BCUT2D eigenvalue weighted by Gasteiger charge is 2.36. The van der Waals surface area contributed by atoms with Crippen LogP contribution in [-0.2, 0) is 22.7 Å². The van der Waals surface area contributed by atoms with Crippen molar-refractivity contribution in [3.63, 3.8) is 0 Å². The fraction of sp³-hybridized carbons (Fsp3) is 0.300. The van der Waals surface area contributed by atoms with E-state index in [1.165, 1.54) is 6.07 Å². The van der Waals surface area contributed by atoms with Crippen molar-refractivity contribution in [2.45, 2.75) is 32.0 Å². The molecule has 0 aliphatic carbocycles. The summed E-state index contributed by atoms with van der Waals surface area (Å²) in [5, 5.41) is 2.74. The number of hydrogen-bond acceptors (Lipinski definition) is 4. The van der Waals surface area contributed by atoms with Crippen LogP contribution in [0.3, 0.4) is 0 Å². The largest absolute Gasteiger partial charge is 0.454 e. The number of nitrogens with zero attached hydrogens (tertiary/aromatic N) is 1. The predicted molar refractivity (Wildman–Crippen MR) is 94.4 cm³/mol. The van der Waals surface area contributed by atoms with Gasteiger partial charge in [0.2, 0.25) is 18.6 Å². The number of carbonyl (C=O) groups is 2. The van der Waals surface area contributed by atoms with Gasteiger partial charge in [-0.3, -0.25) is 9.59 Å². The van der Waals surface area contributed by atoms with Crippen LogP contribution in [0.5, 0.6) is 11.5 Å². The lowest BCUT2D eigenvalue weighted by molar-refractivity contribution is -0.135. The van der Waals surface area contributed by atoms with Gasteiger partial charge in [0, 0.05) is 25.1 Å². The van der Waals surface area contributed by atoms with Gasteiger partial charge < -0.3 is 19.7 Å². The van der Waals surface area contributed by atoms with E-state index in [0.717, 1.165) is 5.56 Å². The van der Waals surface area contributed by atoms with Crippen molar-refractivity contribution in [2.24, 2.45) is 0 Å². The molecule has 7 heteroatoms. The Morgan fingerprint density at radius 3 is 2.85 bits per heavy atom. The van der Waals surface area contributed by atoms with Gasteiger partial charge in [0.25, 0.3) is 0 Å². The Hall–Kier alpha value is -3.09. The van der Waals surface area contributed by atoms with E-state index >= 15 is 0 Å². The van der Waals surface area contributed by atoms with E-state index in [1.54, 1.807) is 29.2 Å². The first-order chi connectivity index (χ1) is 13.1. The number of rotatable bonds is 5. The van der Waals surface area contributed by atoms with E-state index in [1.807, 2.05) is 12.1 Å². The Labute approximate surface area is 155 Å². The molecule has 2 amide bonds. The molecule has 4 rings (SSSR count). The molecule has 140 valence electrons. The third-order valence-electron chi connectivity index (χ3n) is 4.83. The van der Waals surface area contributed by atoms with Gasteiger partial charge in [-0.1, -0.05) is 24.3 Å². The van der Waals surface area contributed by atoms with Crippen molar-refractivity contribution in [3.05, 3.63) is 59.4 Å². The zero-order chi connectivity index (χ0) is 18.8. The molecule has 2 aromatic rings. The Balaban J connectivity index is 1.43. The van der Waals surface area contributed by atoms with Gasteiger partial charge in [-0.15, -0.1) is 0 Å². The minimum atomic E-state index is -0.560. The second-order valence-corrected chi connectivity index (χ2v) is 6.57. The number of likely N-dealkylation sites (tertiary alicyclic amines) is 1. The van der Waals surface area contributed by atoms with Gasteiger partial charge in [-0.05, 0) is 30.2 Å². The quantitative estimate of drug-likeness (QED) is 0.877. The first kappa shape index (κ1) is 17.3. The van der Waals surface area contributed by atoms with E-state index in [-0.39, 0.29) is 31.0 Å². The number of hydrogen-bond donors (Lipinski definition) is 1. The second-order valence-electron chi connectivity index (χ2n) is 6.57. The van der Waals surface area contributed by atoms with Crippen molar-refractivity contribution in [2.75, 3.05) is 6.79 Å². The molecule has 1 fully saturated rings. The van der Waals surface area contributed by atoms with Crippen LogP contribution in [-0.4, -0.2) is 29.5 Å². The lowest BCUT2D eigenvalue weighted by Gasteiger charge is -2.24. The maximum atomic E-state index is 13.7. The molecule has 2 heterocycles. The molecule has 0 unspecified atom stereocenters. The normalized spacial score (nSPS) is 18.0. The topological polar surface area (TPSA) is 67.9 Å². The fourth-order valence-electron chi connectivity index (χ4n) is 3.38. The zero-order valence-electron chi connectivity index (χ0n) is 14.6. The summed E-state index contributed by atoms with van der Waals surface area (Å²) in [5.74, 6) is 0.603. The monoisotopic (exact) mass is 370 g/mol. The van der Waals surface area contributed by atoms with E-state index in [0.29, 0.717) is 36.4 Å². The summed E-state index contributed by atoms with van der Waals surface area (Å²) in [6.07, 6.45) is 0.773. The maximum absolute atomic E-state index is 13.7. The van der Waals surface area contributed by atoms with Crippen LogP contribution < -0.4 is 14.8 Å². The number of benzene rings is 2. The summed E-state index contributed by atoms with van der Waals surface area (Å²) in [5.41, 5.74) is 1.28. The van der Waals surface area contributed by atoms with Crippen molar-refractivity contribution < 1.29 is 23.5 Å². The molecule has 2 aromatic carbocycles. The average molecular weight is 370 g/mol. The van der Waals surface area contributed by atoms with E-state index < -0.39 is 6.04 Å². The van der Waals surface area contributed by atoms with Crippen molar-refractivity contribution in [1.82, 2.24) is 10.2 Å². The van der Waals surface area contributed by atoms with Crippen LogP contribution in [0, 0.1) is 5.82 Å². The molecule has 0 spiro atoms. The molecule has 2 aliphatic heterocycles. The molecule has 1 atom stereocenters. The Bertz CT molecular complexity index is 886. The van der Waals surface area contributed by atoms with Crippen LogP contribution >= 0.6 is 0 Å². The molecule has 0 aromatic heterocycles. The number of carbonyl (C=O) groups excluding carboxylic acids is 2.